The van der Waals surface area contributed by atoms with Crippen molar-refractivity contribution in [1.29, 1.82) is 0 Å². The van der Waals surface area contributed by atoms with Gasteiger partial charge in [0.25, 0.3) is 5.91 Å². The summed E-state index contributed by atoms with van der Waals surface area (Å²) in [5.74, 6) is 0.443. The highest BCUT2D eigenvalue weighted by Crippen LogP contribution is 2.11. The van der Waals surface area contributed by atoms with Crippen molar-refractivity contribution in [3.63, 3.8) is 0 Å². The van der Waals surface area contributed by atoms with Gasteiger partial charge in [-0.15, -0.1) is 15.3 Å². The lowest BCUT2D eigenvalue weighted by Crippen LogP contribution is -2.22. The molecule has 1 N–H and O–H groups in total. The molecular formula is C9H7N5O2S. The van der Waals surface area contributed by atoms with Gasteiger partial charge in [0.15, 0.2) is 0 Å². The van der Waals surface area contributed by atoms with E-state index in [-0.39, 0.29) is 5.91 Å². The molecule has 0 fully saturated rings. The monoisotopic (exact) mass is 249 g/mol. The zero-order chi connectivity index (χ0) is 11.7. The van der Waals surface area contributed by atoms with Gasteiger partial charge in [0, 0.05) is 0 Å². The number of carbonyl (C=O) groups is 1. The molecule has 0 aromatic carbocycles. The molecule has 3 aromatic rings. The molecule has 0 radical (unpaired) electrons. The van der Waals surface area contributed by atoms with E-state index in [1.54, 1.807) is 18.4 Å². The summed E-state index contributed by atoms with van der Waals surface area (Å²) in [6.45, 7) is 0.339. The number of carbonyl (C=O) groups excluding carboxylic acids is 1. The van der Waals surface area contributed by atoms with Crippen molar-refractivity contribution in [3.8, 4) is 0 Å². The van der Waals surface area contributed by atoms with Crippen LogP contribution < -0.4 is 5.32 Å². The zero-order valence-electron chi connectivity index (χ0n) is 8.53. The SMILES string of the molecule is O=C(NCc1ccco1)c1nn2cnnc2s1. The van der Waals surface area contributed by atoms with Crippen molar-refractivity contribution in [2.75, 3.05) is 0 Å². The summed E-state index contributed by atoms with van der Waals surface area (Å²) in [5.41, 5.74) is 0. The van der Waals surface area contributed by atoms with Crippen LogP contribution in [0, 0.1) is 0 Å². The van der Waals surface area contributed by atoms with Crippen LogP contribution in [0.1, 0.15) is 15.6 Å². The second-order valence-electron chi connectivity index (χ2n) is 3.23. The molecule has 3 heterocycles. The van der Waals surface area contributed by atoms with Crippen LogP contribution >= 0.6 is 11.3 Å². The van der Waals surface area contributed by atoms with E-state index >= 15 is 0 Å². The van der Waals surface area contributed by atoms with E-state index in [1.807, 2.05) is 0 Å². The maximum absolute atomic E-state index is 11.7. The van der Waals surface area contributed by atoms with E-state index in [4.69, 9.17) is 4.42 Å². The van der Waals surface area contributed by atoms with E-state index < -0.39 is 0 Å². The third-order valence-electron chi connectivity index (χ3n) is 2.08. The number of rotatable bonds is 3. The van der Waals surface area contributed by atoms with Crippen molar-refractivity contribution in [2.45, 2.75) is 6.54 Å². The van der Waals surface area contributed by atoms with Crippen LogP contribution in [0.25, 0.3) is 4.96 Å². The second-order valence-corrected chi connectivity index (χ2v) is 4.18. The Morgan fingerprint density at radius 3 is 3.29 bits per heavy atom. The van der Waals surface area contributed by atoms with Crippen LogP contribution in [0.15, 0.2) is 29.1 Å². The van der Waals surface area contributed by atoms with Crippen LogP contribution in [0.4, 0.5) is 0 Å². The number of furan rings is 1. The van der Waals surface area contributed by atoms with Gasteiger partial charge in [-0.05, 0) is 12.1 Å². The number of aromatic nitrogens is 4. The predicted molar refractivity (Wildman–Crippen MR) is 58.5 cm³/mol. The lowest BCUT2D eigenvalue weighted by Gasteiger charge is -1.98. The summed E-state index contributed by atoms with van der Waals surface area (Å²) < 4.78 is 6.57. The first-order chi connectivity index (χ1) is 8.33. The minimum absolute atomic E-state index is 0.253. The maximum Gasteiger partial charge on any atom is 0.282 e. The summed E-state index contributed by atoms with van der Waals surface area (Å²) >= 11 is 1.18. The number of nitrogens with one attached hydrogen (secondary N) is 1. The lowest BCUT2D eigenvalue weighted by molar-refractivity contribution is 0.0946. The van der Waals surface area contributed by atoms with E-state index in [1.165, 1.54) is 22.2 Å². The lowest BCUT2D eigenvalue weighted by atomic mass is 10.4. The normalized spacial score (nSPS) is 10.8. The Bertz CT molecular complexity index is 613. The van der Waals surface area contributed by atoms with E-state index in [0.29, 0.717) is 22.3 Å². The van der Waals surface area contributed by atoms with Crippen molar-refractivity contribution >= 4 is 22.2 Å². The summed E-state index contributed by atoms with van der Waals surface area (Å²) in [6, 6.07) is 3.56. The molecule has 3 rings (SSSR count). The van der Waals surface area contributed by atoms with Crippen LogP contribution in [0.3, 0.4) is 0 Å². The molecule has 8 heteroatoms. The van der Waals surface area contributed by atoms with Crippen molar-refractivity contribution in [3.05, 3.63) is 35.5 Å². The smallest absolute Gasteiger partial charge is 0.282 e. The first-order valence-corrected chi connectivity index (χ1v) is 5.62. The van der Waals surface area contributed by atoms with Gasteiger partial charge in [-0.1, -0.05) is 11.3 Å². The van der Waals surface area contributed by atoms with Crippen LogP contribution in [-0.4, -0.2) is 25.7 Å². The van der Waals surface area contributed by atoms with Crippen molar-refractivity contribution in [2.24, 2.45) is 0 Å². The molecule has 0 unspecified atom stereocenters. The summed E-state index contributed by atoms with van der Waals surface area (Å²) in [7, 11) is 0. The predicted octanol–water partition coefficient (Wildman–Crippen LogP) is 0.709. The van der Waals surface area contributed by atoms with Gasteiger partial charge >= 0.3 is 0 Å². The Balaban J connectivity index is 1.72. The van der Waals surface area contributed by atoms with E-state index in [0.717, 1.165) is 0 Å². The number of nitrogens with zero attached hydrogens (tertiary/aromatic N) is 4. The molecule has 0 bridgehead atoms. The fourth-order valence-electron chi connectivity index (χ4n) is 1.31. The third-order valence-corrected chi connectivity index (χ3v) is 3.00. The molecule has 86 valence electrons. The second kappa shape index (κ2) is 3.98. The quantitative estimate of drug-likeness (QED) is 0.738. The topological polar surface area (TPSA) is 85.3 Å². The van der Waals surface area contributed by atoms with Gasteiger partial charge in [-0.2, -0.15) is 4.52 Å². The molecule has 0 atom stereocenters. The maximum atomic E-state index is 11.7. The Kier molecular flexibility index (Phi) is 2.33. The number of hydrogen-bond donors (Lipinski definition) is 1. The summed E-state index contributed by atoms with van der Waals surface area (Å²) in [5, 5.41) is 14.6. The van der Waals surface area contributed by atoms with Gasteiger partial charge in [0.2, 0.25) is 9.97 Å². The van der Waals surface area contributed by atoms with Gasteiger partial charge in [-0.25, -0.2) is 0 Å². The molecule has 0 spiro atoms. The highest BCUT2D eigenvalue weighted by molar-refractivity contribution is 7.18. The Hall–Kier alpha value is -2.22. The highest BCUT2D eigenvalue weighted by Gasteiger charge is 2.13. The van der Waals surface area contributed by atoms with Crippen LogP contribution in [0.2, 0.25) is 0 Å². The number of hydrogen-bond acceptors (Lipinski definition) is 6. The summed E-state index contributed by atoms with van der Waals surface area (Å²) in [6.07, 6.45) is 3.01. The zero-order valence-corrected chi connectivity index (χ0v) is 9.35. The highest BCUT2D eigenvalue weighted by atomic mass is 32.1. The fraction of sp³-hybridized carbons (Fsp3) is 0.111. The van der Waals surface area contributed by atoms with E-state index in [9.17, 15) is 4.79 Å². The van der Waals surface area contributed by atoms with Gasteiger partial charge in [0.1, 0.15) is 12.1 Å². The van der Waals surface area contributed by atoms with Crippen LogP contribution in [0.5, 0.6) is 0 Å². The average molecular weight is 249 g/mol. The molecule has 7 nitrogen and oxygen atoms in total. The average Bonchev–Trinajstić information content (AvgIpc) is 3.01. The number of amides is 1. The first kappa shape index (κ1) is 9.97. The largest absolute Gasteiger partial charge is 0.467 e. The molecule has 0 aliphatic rings. The molecule has 0 saturated heterocycles. The number of fused-ring (bicyclic) bond motifs is 1. The standard InChI is InChI=1S/C9H7N5O2S/c15-7(10-4-6-2-1-3-16-6)8-13-14-5-11-12-9(14)17-8/h1-3,5H,4H2,(H,10,15). The molecule has 0 aliphatic carbocycles. The first-order valence-electron chi connectivity index (χ1n) is 4.80. The molecule has 3 aromatic heterocycles. The third kappa shape index (κ3) is 1.89. The molecule has 0 aliphatic heterocycles. The van der Waals surface area contributed by atoms with Crippen LogP contribution in [-0.2, 0) is 6.54 Å². The van der Waals surface area contributed by atoms with Gasteiger partial charge < -0.3 is 9.73 Å². The Morgan fingerprint density at radius 1 is 1.59 bits per heavy atom. The molecule has 1 amide bonds. The van der Waals surface area contributed by atoms with Crippen molar-refractivity contribution in [1.82, 2.24) is 25.1 Å². The molecular weight excluding hydrogens is 242 g/mol. The molecule has 0 saturated carbocycles. The minimum Gasteiger partial charge on any atom is -0.467 e. The Labute approximate surface area is 99.1 Å². The van der Waals surface area contributed by atoms with Crippen molar-refractivity contribution < 1.29 is 9.21 Å². The van der Waals surface area contributed by atoms with Gasteiger partial charge in [-0.3, -0.25) is 4.79 Å². The molecule has 17 heavy (non-hydrogen) atoms. The fourth-order valence-corrected chi connectivity index (χ4v) is 2.04. The summed E-state index contributed by atoms with van der Waals surface area (Å²) in [4.78, 5) is 12.3. The van der Waals surface area contributed by atoms with Gasteiger partial charge in [0.05, 0.1) is 12.8 Å². The minimum atomic E-state index is -0.253. The van der Waals surface area contributed by atoms with E-state index in [2.05, 4.69) is 20.6 Å². The Morgan fingerprint density at radius 2 is 2.53 bits per heavy atom.